The Hall–Kier alpha value is -3.26. The number of halogens is 1. The van der Waals surface area contributed by atoms with E-state index < -0.39 is 5.82 Å². The van der Waals surface area contributed by atoms with Gasteiger partial charge in [-0.3, -0.25) is 14.4 Å². The number of likely N-dealkylation sites (tertiary alicyclic amines) is 1. The molecule has 2 aliphatic heterocycles. The summed E-state index contributed by atoms with van der Waals surface area (Å²) in [5.41, 5.74) is 2.38. The number of benzene rings is 2. The lowest BCUT2D eigenvalue weighted by atomic mass is 9.80. The van der Waals surface area contributed by atoms with E-state index in [1.807, 2.05) is 0 Å². The molecule has 4 rings (SSSR count). The highest BCUT2D eigenvalue weighted by molar-refractivity contribution is 6.05. The second kappa shape index (κ2) is 9.48. The highest BCUT2D eigenvalue weighted by atomic mass is 19.1. The van der Waals surface area contributed by atoms with Gasteiger partial charge in [-0.25, -0.2) is 4.39 Å². The van der Waals surface area contributed by atoms with E-state index in [0.717, 1.165) is 11.3 Å². The molecule has 3 amide bonds. The minimum Gasteiger partial charge on any atom is -0.383 e. The zero-order valence-electron chi connectivity index (χ0n) is 17.9. The van der Waals surface area contributed by atoms with Crippen molar-refractivity contribution >= 4 is 23.4 Å². The van der Waals surface area contributed by atoms with E-state index in [1.54, 1.807) is 36.3 Å². The van der Waals surface area contributed by atoms with Crippen LogP contribution in [0.15, 0.2) is 42.5 Å². The third-order valence-corrected chi connectivity index (χ3v) is 6.15. The molecule has 7 nitrogen and oxygen atoms in total. The van der Waals surface area contributed by atoms with Crippen LogP contribution in [0.4, 0.5) is 10.1 Å². The molecular formula is C24H26FN3O4. The van der Waals surface area contributed by atoms with Crippen LogP contribution < -0.4 is 10.6 Å². The molecule has 0 aromatic heterocycles. The Morgan fingerprint density at radius 1 is 1.16 bits per heavy atom. The standard InChI is InChI=1S/C24H26FN3O4/c1-32-12-9-26-22(29)16-5-6-20-19(14-16)21(23(30)27-20)15-7-10-28(11-8-15)24(31)17-3-2-4-18(25)13-17/h2-6,13-15,21H,7-12H2,1H3,(H,26,29)(H,27,30)/t21-/m0/s1. The Morgan fingerprint density at radius 3 is 2.66 bits per heavy atom. The molecule has 2 aliphatic rings. The summed E-state index contributed by atoms with van der Waals surface area (Å²) in [5.74, 6) is -1.23. The zero-order valence-corrected chi connectivity index (χ0v) is 17.9. The monoisotopic (exact) mass is 439 g/mol. The molecule has 2 aromatic carbocycles. The van der Waals surface area contributed by atoms with Crippen molar-refractivity contribution in [1.82, 2.24) is 10.2 Å². The summed E-state index contributed by atoms with van der Waals surface area (Å²) in [6, 6.07) is 10.9. The lowest BCUT2D eigenvalue weighted by molar-refractivity contribution is -0.118. The normalized spacial score (nSPS) is 18.2. The van der Waals surface area contributed by atoms with Gasteiger partial charge >= 0.3 is 0 Å². The third kappa shape index (κ3) is 4.50. The van der Waals surface area contributed by atoms with Crippen molar-refractivity contribution in [2.24, 2.45) is 5.92 Å². The SMILES string of the molecule is COCCNC(=O)c1ccc2c(c1)[C@H](C1CCN(C(=O)c3cccc(F)c3)CC1)C(=O)N2. The van der Waals surface area contributed by atoms with Gasteiger partial charge in [0.1, 0.15) is 5.82 Å². The van der Waals surface area contributed by atoms with Gasteiger partial charge in [0, 0.05) is 43.6 Å². The van der Waals surface area contributed by atoms with Crippen molar-refractivity contribution in [3.63, 3.8) is 0 Å². The van der Waals surface area contributed by atoms with E-state index in [2.05, 4.69) is 10.6 Å². The largest absolute Gasteiger partial charge is 0.383 e. The molecule has 168 valence electrons. The molecule has 0 radical (unpaired) electrons. The molecule has 1 saturated heterocycles. The summed E-state index contributed by atoms with van der Waals surface area (Å²) in [6.45, 7) is 1.82. The van der Waals surface area contributed by atoms with Crippen molar-refractivity contribution < 1.29 is 23.5 Å². The number of piperidine rings is 1. The Kier molecular flexibility index (Phi) is 6.50. The minimum absolute atomic E-state index is 0.0552. The molecule has 1 atom stereocenters. The van der Waals surface area contributed by atoms with E-state index in [0.29, 0.717) is 50.2 Å². The van der Waals surface area contributed by atoms with Crippen molar-refractivity contribution in [3.8, 4) is 0 Å². The van der Waals surface area contributed by atoms with Gasteiger partial charge in [0.05, 0.1) is 12.5 Å². The molecule has 32 heavy (non-hydrogen) atoms. The number of anilines is 1. The zero-order chi connectivity index (χ0) is 22.7. The Labute approximate surface area is 185 Å². The summed E-state index contributed by atoms with van der Waals surface area (Å²) in [7, 11) is 1.57. The second-order valence-electron chi connectivity index (χ2n) is 8.16. The van der Waals surface area contributed by atoms with Gasteiger partial charge in [-0.2, -0.15) is 0 Å². The van der Waals surface area contributed by atoms with Crippen molar-refractivity contribution in [1.29, 1.82) is 0 Å². The maximum absolute atomic E-state index is 13.5. The average Bonchev–Trinajstić information content (AvgIpc) is 3.13. The van der Waals surface area contributed by atoms with Gasteiger partial charge in [-0.15, -0.1) is 0 Å². The van der Waals surface area contributed by atoms with Crippen molar-refractivity contribution in [3.05, 3.63) is 65.0 Å². The van der Waals surface area contributed by atoms with Crippen LogP contribution in [0.2, 0.25) is 0 Å². The molecule has 2 aromatic rings. The van der Waals surface area contributed by atoms with Gasteiger partial charge in [-0.05, 0) is 60.7 Å². The van der Waals surface area contributed by atoms with Crippen LogP contribution in [0.3, 0.4) is 0 Å². The van der Waals surface area contributed by atoms with Gasteiger partial charge in [-0.1, -0.05) is 6.07 Å². The van der Waals surface area contributed by atoms with E-state index in [-0.39, 0.29) is 29.6 Å². The van der Waals surface area contributed by atoms with Gasteiger partial charge in [0.15, 0.2) is 0 Å². The summed E-state index contributed by atoms with van der Waals surface area (Å²) in [5, 5.41) is 5.71. The number of carbonyl (C=O) groups excluding carboxylic acids is 3. The first kappa shape index (κ1) is 22.0. The maximum Gasteiger partial charge on any atom is 0.253 e. The third-order valence-electron chi connectivity index (χ3n) is 6.15. The molecule has 2 heterocycles. The number of carbonyl (C=O) groups is 3. The number of hydrogen-bond donors (Lipinski definition) is 2. The molecule has 0 unspecified atom stereocenters. The van der Waals surface area contributed by atoms with Crippen molar-refractivity contribution in [2.45, 2.75) is 18.8 Å². The molecular weight excluding hydrogens is 413 g/mol. The van der Waals surface area contributed by atoms with Crippen LogP contribution in [0.1, 0.15) is 45.0 Å². The Balaban J connectivity index is 1.44. The summed E-state index contributed by atoms with van der Waals surface area (Å²) >= 11 is 0. The number of nitrogens with one attached hydrogen (secondary N) is 2. The molecule has 0 spiro atoms. The quantitative estimate of drug-likeness (QED) is 0.678. The summed E-state index contributed by atoms with van der Waals surface area (Å²) < 4.78 is 18.4. The highest BCUT2D eigenvalue weighted by Gasteiger charge is 2.39. The van der Waals surface area contributed by atoms with Gasteiger partial charge in [0.25, 0.3) is 11.8 Å². The molecule has 0 bridgehead atoms. The van der Waals surface area contributed by atoms with Crippen molar-refractivity contribution in [2.75, 3.05) is 38.7 Å². The first-order valence-electron chi connectivity index (χ1n) is 10.7. The minimum atomic E-state index is -0.438. The number of ether oxygens (including phenoxy) is 1. The first-order chi connectivity index (χ1) is 15.5. The number of hydrogen-bond acceptors (Lipinski definition) is 4. The van der Waals surface area contributed by atoms with Crippen LogP contribution in [-0.2, 0) is 9.53 Å². The summed E-state index contributed by atoms with van der Waals surface area (Å²) in [6.07, 6.45) is 1.31. The Bertz CT molecular complexity index is 1030. The number of methoxy groups -OCH3 is 1. The number of nitrogens with zero attached hydrogens (tertiary/aromatic N) is 1. The second-order valence-corrected chi connectivity index (χ2v) is 8.16. The fraction of sp³-hybridized carbons (Fsp3) is 0.375. The highest BCUT2D eigenvalue weighted by Crippen LogP contribution is 2.42. The fourth-order valence-electron chi connectivity index (χ4n) is 4.50. The number of amides is 3. The first-order valence-corrected chi connectivity index (χ1v) is 10.7. The van der Waals surface area contributed by atoms with Crippen LogP contribution >= 0.6 is 0 Å². The predicted octanol–water partition coefficient (Wildman–Crippen LogP) is 2.79. The van der Waals surface area contributed by atoms with E-state index in [1.165, 1.54) is 18.2 Å². The lowest BCUT2D eigenvalue weighted by Gasteiger charge is -2.34. The molecule has 0 aliphatic carbocycles. The number of rotatable bonds is 6. The van der Waals surface area contributed by atoms with Crippen LogP contribution in [-0.4, -0.2) is 56.0 Å². The van der Waals surface area contributed by atoms with E-state index in [9.17, 15) is 18.8 Å². The van der Waals surface area contributed by atoms with Crippen LogP contribution in [0, 0.1) is 11.7 Å². The topological polar surface area (TPSA) is 87.7 Å². The molecule has 1 fully saturated rings. The maximum atomic E-state index is 13.5. The summed E-state index contributed by atoms with van der Waals surface area (Å²) in [4.78, 5) is 39.6. The van der Waals surface area contributed by atoms with Crippen LogP contribution in [0.5, 0.6) is 0 Å². The van der Waals surface area contributed by atoms with Crippen LogP contribution in [0.25, 0.3) is 0 Å². The van der Waals surface area contributed by atoms with Gasteiger partial charge < -0.3 is 20.3 Å². The predicted molar refractivity (Wildman–Crippen MR) is 117 cm³/mol. The molecule has 8 heteroatoms. The van der Waals surface area contributed by atoms with Gasteiger partial charge in [0.2, 0.25) is 5.91 Å². The Morgan fingerprint density at radius 2 is 1.94 bits per heavy atom. The lowest BCUT2D eigenvalue weighted by Crippen LogP contribution is -2.40. The molecule has 2 N–H and O–H groups in total. The average molecular weight is 439 g/mol. The van der Waals surface area contributed by atoms with E-state index >= 15 is 0 Å². The van der Waals surface area contributed by atoms with E-state index in [4.69, 9.17) is 4.74 Å². The molecule has 0 saturated carbocycles. The fourth-order valence-corrected chi connectivity index (χ4v) is 4.50. The number of fused-ring (bicyclic) bond motifs is 1. The smallest absolute Gasteiger partial charge is 0.253 e.